The minimum absolute atomic E-state index is 0.189. The number of carbonyl (C=O) groups excluding carboxylic acids is 2. The number of hydrogen-bond donors (Lipinski definition) is 3. The number of nitrogen functional groups attached to an aromatic ring is 1. The van der Waals surface area contributed by atoms with Crippen molar-refractivity contribution in [3.63, 3.8) is 0 Å². The first-order valence-electron chi connectivity index (χ1n) is 9.57. The van der Waals surface area contributed by atoms with Crippen LogP contribution in [0.1, 0.15) is 54.5 Å². The smallest absolute Gasteiger partial charge is 0.313 e. The van der Waals surface area contributed by atoms with Crippen LogP contribution in [0.3, 0.4) is 0 Å². The molecule has 2 amide bonds. The number of carbonyl (C=O) groups is 2. The highest BCUT2D eigenvalue weighted by molar-refractivity contribution is 6.40. The first-order valence-corrected chi connectivity index (χ1v) is 9.57. The van der Waals surface area contributed by atoms with Crippen LogP contribution in [-0.2, 0) is 22.4 Å². The van der Waals surface area contributed by atoms with E-state index in [0.717, 1.165) is 24.0 Å². The van der Waals surface area contributed by atoms with Gasteiger partial charge in [0.15, 0.2) is 0 Å². The molecule has 142 valence electrons. The van der Waals surface area contributed by atoms with Crippen molar-refractivity contribution in [2.24, 2.45) is 0 Å². The Kier molecular flexibility index (Phi) is 5.79. The highest BCUT2D eigenvalue weighted by Crippen LogP contribution is 2.26. The Balaban J connectivity index is 1.68. The SMILES string of the molecule is CCC(NC(=O)C(=O)Nc1ccc(C)cc1N)c1ccc2c(c1)CCCC2. The monoisotopic (exact) mass is 365 g/mol. The van der Waals surface area contributed by atoms with E-state index in [0.29, 0.717) is 17.8 Å². The van der Waals surface area contributed by atoms with Gasteiger partial charge in [0.2, 0.25) is 0 Å². The van der Waals surface area contributed by atoms with Gasteiger partial charge in [-0.15, -0.1) is 0 Å². The fraction of sp³-hybridized carbons (Fsp3) is 0.364. The molecular weight excluding hydrogens is 338 g/mol. The van der Waals surface area contributed by atoms with Crippen LogP contribution < -0.4 is 16.4 Å². The molecule has 1 unspecified atom stereocenters. The van der Waals surface area contributed by atoms with Crippen molar-refractivity contribution in [2.45, 2.75) is 52.0 Å². The summed E-state index contributed by atoms with van der Waals surface area (Å²) in [5.74, 6) is -1.36. The quantitative estimate of drug-likeness (QED) is 0.571. The van der Waals surface area contributed by atoms with E-state index >= 15 is 0 Å². The second kappa shape index (κ2) is 8.25. The number of nitrogens with two attached hydrogens (primary N) is 1. The van der Waals surface area contributed by atoms with E-state index in [1.54, 1.807) is 12.1 Å². The summed E-state index contributed by atoms with van der Waals surface area (Å²) < 4.78 is 0. The molecule has 1 atom stereocenters. The van der Waals surface area contributed by atoms with Crippen LogP contribution in [0.25, 0.3) is 0 Å². The van der Waals surface area contributed by atoms with E-state index < -0.39 is 11.8 Å². The molecule has 5 nitrogen and oxygen atoms in total. The van der Waals surface area contributed by atoms with Crippen molar-refractivity contribution in [3.8, 4) is 0 Å². The van der Waals surface area contributed by atoms with Gasteiger partial charge in [0.05, 0.1) is 17.4 Å². The number of anilines is 2. The van der Waals surface area contributed by atoms with Crippen LogP contribution in [0.5, 0.6) is 0 Å². The second-order valence-electron chi connectivity index (χ2n) is 7.21. The molecular formula is C22H27N3O2. The topological polar surface area (TPSA) is 84.2 Å². The molecule has 0 saturated carbocycles. The summed E-state index contributed by atoms with van der Waals surface area (Å²) in [7, 11) is 0. The zero-order valence-corrected chi connectivity index (χ0v) is 16.0. The van der Waals surface area contributed by atoms with Crippen LogP contribution in [0.2, 0.25) is 0 Å². The summed E-state index contributed by atoms with van der Waals surface area (Å²) in [4.78, 5) is 24.7. The number of aryl methyl sites for hydroxylation is 3. The van der Waals surface area contributed by atoms with Gasteiger partial charge in [0, 0.05) is 0 Å². The number of fused-ring (bicyclic) bond motifs is 1. The first kappa shape index (κ1) is 19.0. The molecule has 5 heteroatoms. The van der Waals surface area contributed by atoms with Gasteiger partial charge in [0.25, 0.3) is 0 Å². The molecule has 0 saturated heterocycles. The van der Waals surface area contributed by atoms with Crippen molar-refractivity contribution in [1.82, 2.24) is 5.32 Å². The first-order chi connectivity index (χ1) is 13.0. The molecule has 3 rings (SSSR count). The van der Waals surface area contributed by atoms with Gasteiger partial charge in [-0.3, -0.25) is 9.59 Å². The number of rotatable bonds is 4. The maximum atomic E-state index is 12.4. The predicted molar refractivity (Wildman–Crippen MR) is 108 cm³/mol. The lowest BCUT2D eigenvalue weighted by atomic mass is 9.89. The highest BCUT2D eigenvalue weighted by atomic mass is 16.2. The Morgan fingerprint density at radius 1 is 1.04 bits per heavy atom. The number of amides is 2. The van der Waals surface area contributed by atoms with E-state index in [-0.39, 0.29) is 6.04 Å². The summed E-state index contributed by atoms with van der Waals surface area (Å²) in [5.41, 5.74) is 11.6. The van der Waals surface area contributed by atoms with E-state index in [2.05, 4.69) is 28.8 Å². The molecule has 2 aromatic rings. The molecule has 0 fully saturated rings. The summed E-state index contributed by atoms with van der Waals surface area (Å²) >= 11 is 0. The number of benzene rings is 2. The normalized spacial score (nSPS) is 14.1. The summed E-state index contributed by atoms with van der Waals surface area (Å²) in [5, 5.41) is 5.44. The third kappa shape index (κ3) is 4.48. The summed E-state index contributed by atoms with van der Waals surface area (Å²) in [6, 6.07) is 11.5. The molecule has 0 spiro atoms. The molecule has 1 aliphatic rings. The Hall–Kier alpha value is -2.82. The molecule has 1 aliphatic carbocycles. The fourth-order valence-corrected chi connectivity index (χ4v) is 3.59. The molecule has 0 heterocycles. The maximum absolute atomic E-state index is 12.4. The lowest BCUT2D eigenvalue weighted by Gasteiger charge is -2.21. The zero-order valence-electron chi connectivity index (χ0n) is 16.0. The fourth-order valence-electron chi connectivity index (χ4n) is 3.59. The van der Waals surface area contributed by atoms with E-state index in [1.807, 2.05) is 19.9 Å². The van der Waals surface area contributed by atoms with Gasteiger partial charge < -0.3 is 16.4 Å². The Morgan fingerprint density at radius 2 is 1.78 bits per heavy atom. The Bertz CT molecular complexity index is 861. The highest BCUT2D eigenvalue weighted by Gasteiger charge is 2.21. The van der Waals surface area contributed by atoms with Crippen LogP contribution in [-0.4, -0.2) is 11.8 Å². The molecule has 4 N–H and O–H groups in total. The summed E-state index contributed by atoms with van der Waals surface area (Å²) in [6.07, 6.45) is 5.37. The maximum Gasteiger partial charge on any atom is 0.313 e. The van der Waals surface area contributed by atoms with Gasteiger partial charge >= 0.3 is 11.8 Å². The van der Waals surface area contributed by atoms with Gasteiger partial charge in [0.1, 0.15) is 0 Å². The van der Waals surface area contributed by atoms with E-state index in [9.17, 15) is 9.59 Å². The Labute approximate surface area is 160 Å². The largest absolute Gasteiger partial charge is 0.397 e. The van der Waals surface area contributed by atoms with Crippen LogP contribution in [0.4, 0.5) is 11.4 Å². The van der Waals surface area contributed by atoms with Crippen molar-refractivity contribution in [1.29, 1.82) is 0 Å². The average Bonchev–Trinajstić information content (AvgIpc) is 2.67. The summed E-state index contributed by atoms with van der Waals surface area (Å²) in [6.45, 7) is 3.92. The number of hydrogen-bond acceptors (Lipinski definition) is 3. The van der Waals surface area contributed by atoms with Crippen molar-refractivity contribution in [3.05, 3.63) is 58.7 Å². The molecule has 0 radical (unpaired) electrons. The lowest BCUT2D eigenvalue weighted by Crippen LogP contribution is -2.37. The zero-order chi connectivity index (χ0) is 19.4. The van der Waals surface area contributed by atoms with Crippen molar-refractivity contribution >= 4 is 23.2 Å². The van der Waals surface area contributed by atoms with Crippen molar-refractivity contribution < 1.29 is 9.59 Å². The molecule has 0 aliphatic heterocycles. The van der Waals surface area contributed by atoms with Gasteiger partial charge in [-0.25, -0.2) is 0 Å². The van der Waals surface area contributed by atoms with Crippen molar-refractivity contribution in [2.75, 3.05) is 11.1 Å². The second-order valence-corrected chi connectivity index (χ2v) is 7.21. The van der Waals surface area contributed by atoms with Gasteiger partial charge in [-0.2, -0.15) is 0 Å². The average molecular weight is 365 g/mol. The molecule has 2 aromatic carbocycles. The molecule has 27 heavy (non-hydrogen) atoms. The van der Waals surface area contributed by atoms with Crippen LogP contribution in [0.15, 0.2) is 36.4 Å². The lowest BCUT2D eigenvalue weighted by molar-refractivity contribution is -0.136. The third-order valence-corrected chi connectivity index (χ3v) is 5.15. The van der Waals surface area contributed by atoms with E-state index in [1.165, 1.54) is 24.0 Å². The molecule has 0 bridgehead atoms. The minimum Gasteiger partial charge on any atom is -0.397 e. The Morgan fingerprint density at radius 3 is 2.48 bits per heavy atom. The van der Waals surface area contributed by atoms with E-state index in [4.69, 9.17) is 5.73 Å². The predicted octanol–water partition coefficient (Wildman–Crippen LogP) is 3.66. The number of nitrogens with one attached hydrogen (secondary N) is 2. The third-order valence-electron chi connectivity index (χ3n) is 5.15. The van der Waals surface area contributed by atoms with Crippen LogP contribution >= 0.6 is 0 Å². The van der Waals surface area contributed by atoms with Gasteiger partial charge in [-0.05, 0) is 73.4 Å². The van der Waals surface area contributed by atoms with Gasteiger partial charge in [-0.1, -0.05) is 31.2 Å². The molecule has 0 aromatic heterocycles. The van der Waals surface area contributed by atoms with Crippen LogP contribution in [0, 0.1) is 6.92 Å². The minimum atomic E-state index is -0.707. The standard InChI is InChI=1S/C22H27N3O2/c1-3-19(17-10-9-15-6-4-5-7-16(15)13-17)24-21(26)22(27)25-20-11-8-14(2)12-18(20)23/h8-13,19H,3-7,23H2,1-2H3,(H,24,26)(H,25,27).